The van der Waals surface area contributed by atoms with Gasteiger partial charge in [0.05, 0.1) is 0 Å². The first-order chi connectivity index (χ1) is 4.74. The molecular weight excluding hydrogens is 152 g/mol. The van der Waals surface area contributed by atoms with Crippen LogP contribution in [0.2, 0.25) is 0 Å². The van der Waals surface area contributed by atoms with Gasteiger partial charge in [0, 0.05) is 6.42 Å². The Kier molecular flexibility index (Phi) is 2.27. The van der Waals surface area contributed by atoms with E-state index in [1.807, 2.05) is 6.92 Å². The number of hydrogen-bond acceptors (Lipinski definition) is 3. The average Bonchev–Trinajstić information content (AvgIpc) is 2.34. The molecule has 0 saturated heterocycles. The van der Waals surface area contributed by atoms with Crippen LogP contribution >= 0.6 is 11.6 Å². The van der Waals surface area contributed by atoms with Gasteiger partial charge in [-0.2, -0.15) is 0 Å². The predicted molar refractivity (Wildman–Crippen MR) is 37.9 cm³/mol. The highest BCUT2D eigenvalue weighted by Crippen LogP contribution is 2.16. The smallest absolute Gasteiger partial charge is 0.234 e. The van der Waals surface area contributed by atoms with Crippen LogP contribution in [0.3, 0.4) is 0 Å². The van der Waals surface area contributed by atoms with E-state index < -0.39 is 0 Å². The Morgan fingerprint density at radius 1 is 1.60 bits per heavy atom. The second kappa shape index (κ2) is 3.01. The van der Waals surface area contributed by atoms with E-state index >= 15 is 0 Å². The zero-order valence-electron chi connectivity index (χ0n) is 5.97. The summed E-state index contributed by atoms with van der Waals surface area (Å²) in [6, 6.07) is 0. The van der Waals surface area contributed by atoms with Gasteiger partial charge < -0.3 is 4.42 Å². The number of rotatable bonds is 2. The summed E-state index contributed by atoms with van der Waals surface area (Å²) in [6.07, 6.45) is 0.761. The Hall–Kier alpha value is -0.570. The van der Waals surface area contributed by atoms with Crippen molar-refractivity contribution in [2.24, 2.45) is 0 Å². The Balaban J connectivity index is 2.78. The molecule has 0 aliphatic rings. The van der Waals surface area contributed by atoms with Crippen LogP contribution in [0.5, 0.6) is 0 Å². The molecule has 0 fully saturated rings. The van der Waals surface area contributed by atoms with E-state index in [0.29, 0.717) is 11.8 Å². The van der Waals surface area contributed by atoms with Crippen molar-refractivity contribution in [1.82, 2.24) is 10.2 Å². The van der Waals surface area contributed by atoms with Crippen molar-refractivity contribution in [3.05, 3.63) is 11.8 Å². The molecule has 0 N–H and O–H groups in total. The molecule has 0 aliphatic carbocycles. The van der Waals surface area contributed by atoms with Crippen molar-refractivity contribution in [2.75, 3.05) is 0 Å². The van der Waals surface area contributed by atoms with Crippen molar-refractivity contribution in [3.63, 3.8) is 0 Å². The van der Waals surface area contributed by atoms with Crippen LogP contribution in [0.25, 0.3) is 0 Å². The van der Waals surface area contributed by atoms with Crippen LogP contribution in [-0.2, 0) is 6.42 Å². The quantitative estimate of drug-likeness (QED) is 0.621. The monoisotopic (exact) mass is 160 g/mol. The molecule has 0 bridgehead atoms. The summed E-state index contributed by atoms with van der Waals surface area (Å²) in [4.78, 5) is 0. The summed E-state index contributed by atoms with van der Waals surface area (Å²) in [7, 11) is 0. The molecule has 1 heterocycles. The molecule has 0 unspecified atom stereocenters. The summed E-state index contributed by atoms with van der Waals surface area (Å²) in [6.45, 7) is 3.75. The predicted octanol–water partition coefficient (Wildman–Crippen LogP) is 1.93. The molecule has 10 heavy (non-hydrogen) atoms. The van der Waals surface area contributed by atoms with E-state index in [0.717, 1.165) is 6.42 Å². The zero-order valence-corrected chi connectivity index (χ0v) is 6.72. The molecule has 0 spiro atoms. The maximum absolute atomic E-state index is 5.68. The minimum Gasteiger partial charge on any atom is -0.424 e. The number of hydrogen-bond donors (Lipinski definition) is 0. The second-order valence-corrected chi connectivity index (χ2v) is 2.66. The van der Waals surface area contributed by atoms with Gasteiger partial charge in [-0.3, -0.25) is 0 Å². The van der Waals surface area contributed by atoms with Gasteiger partial charge >= 0.3 is 0 Å². The number of nitrogens with zero attached hydrogens (tertiary/aromatic N) is 2. The van der Waals surface area contributed by atoms with E-state index in [4.69, 9.17) is 16.0 Å². The molecule has 1 aromatic rings. The van der Waals surface area contributed by atoms with Crippen molar-refractivity contribution >= 4 is 11.6 Å². The first kappa shape index (κ1) is 7.54. The third-order valence-corrected chi connectivity index (χ3v) is 1.31. The number of halogens is 1. The van der Waals surface area contributed by atoms with Crippen LogP contribution in [0.1, 0.15) is 31.0 Å². The molecule has 0 aliphatic heterocycles. The van der Waals surface area contributed by atoms with E-state index in [-0.39, 0.29) is 5.38 Å². The van der Waals surface area contributed by atoms with Gasteiger partial charge in [-0.15, -0.1) is 21.8 Å². The number of alkyl halides is 1. The van der Waals surface area contributed by atoms with Crippen LogP contribution < -0.4 is 0 Å². The lowest BCUT2D eigenvalue weighted by Gasteiger charge is -1.90. The Labute approximate surface area is 64.4 Å². The largest absolute Gasteiger partial charge is 0.424 e. The van der Waals surface area contributed by atoms with Gasteiger partial charge in [0.15, 0.2) is 0 Å². The molecule has 0 saturated carbocycles. The fourth-order valence-corrected chi connectivity index (χ4v) is 0.658. The Morgan fingerprint density at radius 3 is 2.60 bits per heavy atom. The van der Waals surface area contributed by atoms with Gasteiger partial charge in [0.1, 0.15) is 5.38 Å². The lowest BCUT2D eigenvalue weighted by Crippen LogP contribution is -1.81. The van der Waals surface area contributed by atoms with Gasteiger partial charge in [0.25, 0.3) is 0 Å². The summed E-state index contributed by atoms with van der Waals surface area (Å²) in [5, 5.41) is 7.31. The zero-order chi connectivity index (χ0) is 7.56. The van der Waals surface area contributed by atoms with Crippen LogP contribution in [-0.4, -0.2) is 10.2 Å². The maximum atomic E-state index is 5.68. The first-order valence-corrected chi connectivity index (χ1v) is 3.64. The Morgan fingerprint density at radius 2 is 2.30 bits per heavy atom. The molecule has 1 rings (SSSR count). The van der Waals surface area contributed by atoms with Gasteiger partial charge in [0.2, 0.25) is 11.8 Å². The molecule has 0 aromatic carbocycles. The third-order valence-electron chi connectivity index (χ3n) is 1.13. The fourth-order valence-electron chi connectivity index (χ4n) is 0.570. The molecule has 0 radical (unpaired) electrons. The third kappa shape index (κ3) is 1.48. The van der Waals surface area contributed by atoms with E-state index in [9.17, 15) is 0 Å². The molecule has 4 heteroatoms. The highest BCUT2D eigenvalue weighted by molar-refractivity contribution is 6.20. The fraction of sp³-hybridized carbons (Fsp3) is 0.667. The van der Waals surface area contributed by atoms with Gasteiger partial charge in [-0.25, -0.2) is 0 Å². The topological polar surface area (TPSA) is 38.9 Å². The molecule has 56 valence electrons. The van der Waals surface area contributed by atoms with Crippen LogP contribution in [0.4, 0.5) is 0 Å². The summed E-state index contributed by atoms with van der Waals surface area (Å²) in [5.74, 6) is 1.14. The summed E-state index contributed by atoms with van der Waals surface area (Å²) in [5.41, 5.74) is 0. The van der Waals surface area contributed by atoms with E-state index in [1.54, 1.807) is 6.92 Å². The minimum atomic E-state index is -0.187. The van der Waals surface area contributed by atoms with Crippen molar-refractivity contribution in [2.45, 2.75) is 25.6 Å². The molecular formula is C6H9ClN2O. The lowest BCUT2D eigenvalue weighted by molar-refractivity contribution is 0.454. The molecule has 3 nitrogen and oxygen atoms in total. The normalized spacial score (nSPS) is 13.5. The Bertz CT molecular complexity index is 209. The van der Waals surface area contributed by atoms with Crippen LogP contribution in [0.15, 0.2) is 4.42 Å². The summed E-state index contributed by atoms with van der Waals surface area (Å²) < 4.78 is 5.14. The SMILES string of the molecule is CCc1nnc([C@H](C)Cl)o1. The van der Waals surface area contributed by atoms with Crippen molar-refractivity contribution in [3.8, 4) is 0 Å². The highest BCUT2D eigenvalue weighted by Gasteiger charge is 2.08. The molecule has 1 atom stereocenters. The lowest BCUT2D eigenvalue weighted by atomic mass is 10.5. The molecule has 1 aromatic heterocycles. The number of aryl methyl sites for hydroxylation is 1. The van der Waals surface area contributed by atoms with Crippen molar-refractivity contribution in [1.29, 1.82) is 0 Å². The first-order valence-electron chi connectivity index (χ1n) is 3.20. The summed E-state index contributed by atoms with van der Waals surface area (Å²) >= 11 is 5.68. The van der Waals surface area contributed by atoms with E-state index in [1.165, 1.54) is 0 Å². The second-order valence-electron chi connectivity index (χ2n) is 2.00. The number of aromatic nitrogens is 2. The van der Waals surface area contributed by atoms with Crippen molar-refractivity contribution < 1.29 is 4.42 Å². The van der Waals surface area contributed by atoms with E-state index in [2.05, 4.69) is 10.2 Å². The van der Waals surface area contributed by atoms with Crippen LogP contribution in [0, 0.1) is 0 Å². The van der Waals surface area contributed by atoms with Gasteiger partial charge in [-0.1, -0.05) is 6.92 Å². The molecule has 0 amide bonds. The average molecular weight is 161 g/mol. The standard InChI is InChI=1S/C6H9ClN2O/c1-3-5-8-9-6(10-5)4(2)7/h4H,3H2,1-2H3/t4-/m0/s1. The highest BCUT2D eigenvalue weighted by atomic mass is 35.5. The maximum Gasteiger partial charge on any atom is 0.234 e. The minimum absolute atomic E-state index is 0.187. The van der Waals surface area contributed by atoms with Gasteiger partial charge in [-0.05, 0) is 6.92 Å².